The molecule has 2 saturated heterocycles. The van der Waals surface area contributed by atoms with Gasteiger partial charge >= 0.3 is 0 Å². The molecule has 2 fully saturated rings. The minimum Gasteiger partial charge on any atom is -0.364 e. The van der Waals surface area contributed by atoms with Crippen LogP contribution in [0.15, 0.2) is 35.4 Å². The maximum atomic E-state index is 12.6. The van der Waals surface area contributed by atoms with Gasteiger partial charge in [0.2, 0.25) is 0 Å². The molecule has 1 aromatic carbocycles. The molecule has 3 atom stereocenters. The Morgan fingerprint density at radius 3 is 3.17 bits per heavy atom. The van der Waals surface area contributed by atoms with Crippen LogP contribution in [-0.4, -0.2) is 39.1 Å². The quantitative estimate of drug-likeness (QED) is 0.865. The maximum absolute atomic E-state index is 12.6. The van der Waals surface area contributed by atoms with Gasteiger partial charge in [-0.25, -0.2) is 4.98 Å². The highest BCUT2D eigenvalue weighted by atomic mass is 16.6. The van der Waals surface area contributed by atoms with Crippen LogP contribution in [0.25, 0.3) is 10.9 Å². The summed E-state index contributed by atoms with van der Waals surface area (Å²) in [7, 11) is 0. The van der Waals surface area contributed by atoms with E-state index in [2.05, 4.69) is 10.3 Å². The van der Waals surface area contributed by atoms with E-state index in [1.807, 2.05) is 18.2 Å². The molecule has 2 unspecified atom stereocenters. The maximum Gasteiger partial charge on any atom is 0.261 e. The summed E-state index contributed by atoms with van der Waals surface area (Å²) in [4.78, 5) is 16.9. The number of hydrogen-bond acceptors (Lipinski definition) is 5. The van der Waals surface area contributed by atoms with E-state index in [0.717, 1.165) is 25.8 Å². The fourth-order valence-electron chi connectivity index (χ4n) is 3.70. The fraction of sp³-hybridized carbons (Fsp3) is 0.529. The number of nitrogens with one attached hydrogen (secondary N) is 1. The molecule has 122 valence electrons. The molecule has 2 aromatic rings. The third-order valence-electron chi connectivity index (χ3n) is 4.83. The van der Waals surface area contributed by atoms with Crippen LogP contribution in [0, 0.1) is 0 Å². The second-order valence-electron chi connectivity index (χ2n) is 6.56. The number of aromatic nitrogens is 2. The second-order valence-corrected chi connectivity index (χ2v) is 6.56. The smallest absolute Gasteiger partial charge is 0.261 e. The van der Waals surface area contributed by atoms with Crippen molar-refractivity contribution >= 4 is 10.9 Å². The van der Waals surface area contributed by atoms with Gasteiger partial charge in [-0.15, -0.1) is 0 Å². The van der Waals surface area contributed by atoms with E-state index in [1.165, 1.54) is 10.9 Å². The Kier molecular flexibility index (Phi) is 3.67. The molecule has 0 saturated carbocycles. The number of nitrogens with zero attached hydrogens (tertiary/aromatic N) is 2. The van der Waals surface area contributed by atoms with Crippen molar-refractivity contribution in [2.24, 2.45) is 0 Å². The fourth-order valence-corrected chi connectivity index (χ4v) is 3.70. The number of para-hydroxylation sites is 1. The molecule has 2 aliphatic rings. The van der Waals surface area contributed by atoms with Crippen LogP contribution >= 0.6 is 0 Å². The Morgan fingerprint density at radius 1 is 1.39 bits per heavy atom. The molecule has 1 aromatic heterocycles. The number of fused-ring (bicyclic) bond motifs is 2. The topological polar surface area (TPSA) is 76.4 Å². The third-order valence-corrected chi connectivity index (χ3v) is 4.83. The molecular weight excluding hydrogens is 294 g/mol. The average molecular weight is 315 g/mol. The molecule has 0 spiro atoms. The lowest BCUT2D eigenvalue weighted by molar-refractivity contribution is -0.201. The van der Waals surface area contributed by atoms with Gasteiger partial charge in [-0.3, -0.25) is 9.36 Å². The van der Waals surface area contributed by atoms with Gasteiger partial charge in [-0.2, -0.15) is 0 Å². The minimum absolute atomic E-state index is 0.0200. The van der Waals surface area contributed by atoms with E-state index in [9.17, 15) is 9.90 Å². The van der Waals surface area contributed by atoms with E-state index >= 15 is 0 Å². The average Bonchev–Trinajstić information content (AvgIpc) is 2.71. The van der Waals surface area contributed by atoms with Gasteiger partial charge in [-0.05, 0) is 37.9 Å². The standard InChI is InChI=1S/C17H21N3O3/c21-16-12-5-1-2-6-13(12)19-11-20(16)10-17(22)9-14-15(23-17)7-3-4-8-18-14/h1-2,5-6,11,14-15,18,22H,3-4,7-10H2/t14?,15-,17?/m0/s1. The van der Waals surface area contributed by atoms with Gasteiger partial charge in [0.1, 0.15) is 0 Å². The second kappa shape index (κ2) is 5.70. The first-order valence-electron chi connectivity index (χ1n) is 8.22. The zero-order valence-electron chi connectivity index (χ0n) is 12.9. The first-order chi connectivity index (χ1) is 11.1. The van der Waals surface area contributed by atoms with Gasteiger partial charge < -0.3 is 15.2 Å². The Bertz CT molecular complexity index is 759. The van der Waals surface area contributed by atoms with E-state index in [4.69, 9.17) is 4.74 Å². The zero-order chi connectivity index (χ0) is 15.9. The van der Waals surface area contributed by atoms with Gasteiger partial charge in [0.05, 0.1) is 29.9 Å². The van der Waals surface area contributed by atoms with Crippen LogP contribution in [0.1, 0.15) is 25.7 Å². The molecule has 4 rings (SSSR count). The summed E-state index contributed by atoms with van der Waals surface area (Å²) < 4.78 is 7.36. The summed E-state index contributed by atoms with van der Waals surface area (Å²) in [6.07, 6.45) is 5.20. The predicted molar refractivity (Wildman–Crippen MR) is 86.1 cm³/mol. The van der Waals surface area contributed by atoms with Crippen LogP contribution in [0.2, 0.25) is 0 Å². The first kappa shape index (κ1) is 14.8. The summed E-state index contributed by atoms with van der Waals surface area (Å²) in [6, 6.07) is 7.40. The van der Waals surface area contributed by atoms with Crippen LogP contribution < -0.4 is 10.9 Å². The van der Waals surface area contributed by atoms with E-state index in [1.54, 1.807) is 6.07 Å². The van der Waals surface area contributed by atoms with E-state index in [-0.39, 0.29) is 24.2 Å². The van der Waals surface area contributed by atoms with Crippen LogP contribution in [0.5, 0.6) is 0 Å². The Hall–Kier alpha value is -1.76. The van der Waals surface area contributed by atoms with Crippen molar-refractivity contribution < 1.29 is 9.84 Å². The zero-order valence-corrected chi connectivity index (χ0v) is 12.9. The molecule has 6 nitrogen and oxygen atoms in total. The van der Waals surface area contributed by atoms with Crippen LogP contribution in [0.4, 0.5) is 0 Å². The van der Waals surface area contributed by atoms with Crippen LogP contribution in [0.3, 0.4) is 0 Å². The van der Waals surface area contributed by atoms with Gasteiger partial charge in [0, 0.05) is 12.5 Å². The first-order valence-corrected chi connectivity index (χ1v) is 8.22. The lowest BCUT2D eigenvalue weighted by Crippen LogP contribution is -2.39. The molecule has 2 N–H and O–H groups in total. The molecular formula is C17H21N3O3. The Labute approximate surface area is 134 Å². The Balaban J connectivity index is 1.60. The molecule has 3 heterocycles. The lowest BCUT2D eigenvalue weighted by Gasteiger charge is -2.24. The molecule has 0 radical (unpaired) electrons. The molecule has 6 heteroatoms. The van der Waals surface area contributed by atoms with Gasteiger partial charge in [0.15, 0.2) is 5.79 Å². The van der Waals surface area contributed by atoms with Crippen molar-refractivity contribution in [2.45, 2.75) is 50.2 Å². The highest BCUT2D eigenvalue weighted by Crippen LogP contribution is 2.33. The van der Waals surface area contributed by atoms with Crippen molar-refractivity contribution in [3.63, 3.8) is 0 Å². The summed E-state index contributed by atoms with van der Waals surface area (Å²) >= 11 is 0. The number of benzene rings is 1. The summed E-state index contributed by atoms with van der Waals surface area (Å²) in [5.41, 5.74) is 0.521. The van der Waals surface area contributed by atoms with E-state index < -0.39 is 5.79 Å². The van der Waals surface area contributed by atoms with Crippen molar-refractivity contribution in [3.8, 4) is 0 Å². The minimum atomic E-state index is -1.31. The molecule has 0 bridgehead atoms. The SMILES string of the molecule is O=c1c2ccccc2ncn1CC1(O)CC2NCCCC[C@@H]2O1. The number of ether oxygens (including phenoxy) is 1. The largest absolute Gasteiger partial charge is 0.364 e. The summed E-state index contributed by atoms with van der Waals surface area (Å²) in [6.45, 7) is 1.07. The normalized spacial score (nSPS) is 31.0. The van der Waals surface area contributed by atoms with Crippen molar-refractivity contribution in [2.75, 3.05) is 6.54 Å². The molecule has 0 aliphatic carbocycles. The van der Waals surface area contributed by atoms with Gasteiger partial charge in [0.25, 0.3) is 5.56 Å². The monoisotopic (exact) mass is 315 g/mol. The summed E-state index contributed by atoms with van der Waals surface area (Å²) in [5.74, 6) is -1.31. The third kappa shape index (κ3) is 2.78. The highest BCUT2D eigenvalue weighted by molar-refractivity contribution is 5.76. The summed E-state index contributed by atoms with van der Waals surface area (Å²) in [5, 5.41) is 14.8. The lowest BCUT2D eigenvalue weighted by atomic mass is 10.0. The van der Waals surface area contributed by atoms with Crippen molar-refractivity contribution in [3.05, 3.63) is 40.9 Å². The molecule has 0 amide bonds. The van der Waals surface area contributed by atoms with Crippen molar-refractivity contribution in [1.29, 1.82) is 0 Å². The van der Waals surface area contributed by atoms with Gasteiger partial charge in [-0.1, -0.05) is 12.1 Å². The van der Waals surface area contributed by atoms with Crippen LogP contribution in [-0.2, 0) is 11.3 Å². The number of rotatable bonds is 2. The molecule has 2 aliphatic heterocycles. The highest BCUT2D eigenvalue weighted by Gasteiger charge is 2.45. The van der Waals surface area contributed by atoms with E-state index in [0.29, 0.717) is 17.3 Å². The van der Waals surface area contributed by atoms with Crippen molar-refractivity contribution in [1.82, 2.24) is 14.9 Å². The number of aliphatic hydroxyl groups is 1. The number of hydrogen-bond donors (Lipinski definition) is 2. The predicted octanol–water partition coefficient (Wildman–Crippen LogP) is 1.02. The Morgan fingerprint density at radius 2 is 2.26 bits per heavy atom. The molecule has 23 heavy (non-hydrogen) atoms.